The van der Waals surface area contributed by atoms with Crippen molar-refractivity contribution in [2.75, 3.05) is 19.7 Å². The van der Waals surface area contributed by atoms with Gasteiger partial charge in [0.25, 0.3) is 5.91 Å². The summed E-state index contributed by atoms with van der Waals surface area (Å²) in [5, 5.41) is 10.1. The number of carbonyl (C=O) groups is 2. The summed E-state index contributed by atoms with van der Waals surface area (Å²) in [5.74, 6) is 0.239. The van der Waals surface area contributed by atoms with E-state index < -0.39 is 5.91 Å². The van der Waals surface area contributed by atoms with Gasteiger partial charge in [0.15, 0.2) is 5.69 Å². The number of aromatic nitrogens is 3. The maximum Gasteiger partial charge on any atom is 0.271 e. The molecule has 1 saturated heterocycles. The zero-order valence-electron chi connectivity index (χ0n) is 12.5. The molecule has 0 radical (unpaired) electrons. The van der Waals surface area contributed by atoms with Crippen LogP contribution in [-0.4, -0.2) is 51.8 Å². The van der Waals surface area contributed by atoms with Crippen LogP contribution in [0.5, 0.6) is 5.75 Å². The Labute approximate surface area is 132 Å². The number of hydrogen-bond donors (Lipinski definition) is 2. The number of nitrogens with two attached hydrogens (primary N) is 1. The van der Waals surface area contributed by atoms with Gasteiger partial charge in [-0.2, -0.15) is 15.4 Å². The molecule has 3 rings (SSSR count). The number of nitrogens with zero attached hydrogens (tertiary/aromatic N) is 3. The predicted octanol–water partition coefficient (Wildman–Crippen LogP) is 0.572. The highest BCUT2D eigenvalue weighted by Gasteiger charge is 2.19. The summed E-state index contributed by atoms with van der Waals surface area (Å²) >= 11 is 0. The lowest BCUT2D eigenvalue weighted by molar-refractivity contribution is -0.128. The van der Waals surface area contributed by atoms with E-state index in [1.54, 1.807) is 24.3 Å². The summed E-state index contributed by atoms with van der Waals surface area (Å²) < 4.78 is 5.64. The molecule has 2 amide bonds. The van der Waals surface area contributed by atoms with E-state index in [1.165, 1.54) is 0 Å². The van der Waals surface area contributed by atoms with Crippen LogP contribution in [0.4, 0.5) is 0 Å². The summed E-state index contributed by atoms with van der Waals surface area (Å²) in [6, 6.07) is 7.11. The normalized spacial score (nSPS) is 14.3. The molecule has 0 bridgehead atoms. The average Bonchev–Trinajstić information content (AvgIpc) is 3.18. The van der Waals surface area contributed by atoms with Gasteiger partial charge >= 0.3 is 0 Å². The Balaban J connectivity index is 1.60. The monoisotopic (exact) mass is 315 g/mol. The number of nitrogens with one attached hydrogen (secondary N) is 1. The van der Waals surface area contributed by atoms with Gasteiger partial charge in [-0.05, 0) is 30.7 Å². The number of carbonyl (C=O) groups excluding carboxylic acids is 2. The molecule has 0 spiro atoms. The number of primary amides is 1. The van der Waals surface area contributed by atoms with Gasteiger partial charge in [0.05, 0.1) is 6.54 Å². The molecule has 8 nitrogen and oxygen atoms in total. The Bertz CT molecular complexity index is 710. The van der Waals surface area contributed by atoms with Gasteiger partial charge in [-0.15, -0.1) is 0 Å². The number of likely N-dealkylation sites (tertiary alicyclic amines) is 1. The smallest absolute Gasteiger partial charge is 0.271 e. The van der Waals surface area contributed by atoms with Crippen molar-refractivity contribution in [3.8, 4) is 17.0 Å². The molecule has 0 unspecified atom stereocenters. The molecule has 3 N–H and O–H groups in total. The van der Waals surface area contributed by atoms with Crippen molar-refractivity contribution >= 4 is 11.8 Å². The molecule has 1 aliphatic rings. The molecule has 23 heavy (non-hydrogen) atoms. The lowest BCUT2D eigenvalue weighted by Gasteiger charge is -2.15. The van der Waals surface area contributed by atoms with Gasteiger partial charge in [-0.1, -0.05) is 0 Å². The van der Waals surface area contributed by atoms with Gasteiger partial charge < -0.3 is 15.4 Å². The highest BCUT2D eigenvalue weighted by molar-refractivity contribution is 5.96. The highest BCUT2D eigenvalue weighted by atomic mass is 16.5. The molecule has 0 aliphatic carbocycles. The van der Waals surface area contributed by atoms with E-state index in [1.807, 2.05) is 4.90 Å². The van der Waals surface area contributed by atoms with Crippen LogP contribution in [0.2, 0.25) is 0 Å². The minimum atomic E-state index is -0.635. The first-order chi connectivity index (χ1) is 11.1. The quantitative estimate of drug-likeness (QED) is 0.809. The lowest BCUT2D eigenvalue weighted by atomic mass is 10.1. The van der Waals surface area contributed by atoms with Gasteiger partial charge in [-0.3, -0.25) is 9.59 Å². The number of benzene rings is 1. The first-order valence-corrected chi connectivity index (χ1v) is 7.37. The van der Waals surface area contributed by atoms with Crippen molar-refractivity contribution in [2.45, 2.75) is 12.8 Å². The number of ether oxygens (including phenoxy) is 1. The van der Waals surface area contributed by atoms with E-state index in [0.717, 1.165) is 18.5 Å². The van der Waals surface area contributed by atoms with Gasteiger partial charge in [0.2, 0.25) is 5.91 Å². The molecule has 0 saturated carbocycles. The van der Waals surface area contributed by atoms with Gasteiger partial charge in [0, 0.05) is 18.5 Å². The van der Waals surface area contributed by atoms with E-state index in [4.69, 9.17) is 10.5 Å². The first-order valence-electron chi connectivity index (χ1n) is 7.37. The third-order valence-corrected chi connectivity index (χ3v) is 3.71. The fraction of sp³-hybridized carbons (Fsp3) is 0.333. The Kier molecular flexibility index (Phi) is 4.22. The number of amides is 2. The van der Waals surface area contributed by atoms with Crippen molar-refractivity contribution < 1.29 is 14.3 Å². The highest BCUT2D eigenvalue weighted by Crippen LogP contribution is 2.22. The van der Waals surface area contributed by atoms with Crippen LogP contribution in [0.25, 0.3) is 11.3 Å². The molecular weight excluding hydrogens is 298 g/mol. The van der Waals surface area contributed by atoms with E-state index in [-0.39, 0.29) is 11.6 Å². The Hall–Kier alpha value is -2.90. The third-order valence-electron chi connectivity index (χ3n) is 3.71. The molecular formula is C15H17N5O3. The maximum atomic E-state index is 11.5. The second-order valence-electron chi connectivity index (χ2n) is 5.24. The van der Waals surface area contributed by atoms with E-state index in [9.17, 15) is 9.59 Å². The van der Waals surface area contributed by atoms with Crippen LogP contribution in [-0.2, 0) is 4.79 Å². The van der Waals surface area contributed by atoms with Gasteiger partial charge in [-0.25, -0.2) is 0 Å². The number of H-pyrrole nitrogens is 1. The van der Waals surface area contributed by atoms with Crippen molar-refractivity contribution in [2.24, 2.45) is 5.73 Å². The molecule has 0 atom stereocenters. The van der Waals surface area contributed by atoms with Crippen molar-refractivity contribution in [1.29, 1.82) is 0 Å². The minimum absolute atomic E-state index is 0.103. The summed E-state index contributed by atoms with van der Waals surface area (Å²) in [4.78, 5) is 24.6. The first kappa shape index (κ1) is 15.0. The number of rotatable bonds is 6. The molecule has 2 aromatic rings. The molecule has 2 heterocycles. The SMILES string of the molecule is NC(=O)c1n[nH]nc1-c1ccc(OCCN2CCCC2=O)cc1. The number of hydrogen-bond acceptors (Lipinski definition) is 5. The van der Waals surface area contributed by atoms with Crippen LogP contribution >= 0.6 is 0 Å². The summed E-state index contributed by atoms with van der Waals surface area (Å²) in [5.41, 5.74) is 6.47. The van der Waals surface area contributed by atoms with Crippen LogP contribution in [0, 0.1) is 0 Å². The molecule has 120 valence electrons. The van der Waals surface area contributed by atoms with E-state index in [0.29, 0.717) is 31.0 Å². The second kappa shape index (κ2) is 6.47. The Morgan fingerprint density at radius 3 is 2.74 bits per heavy atom. The summed E-state index contributed by atoms with van der Waals surface area (Å²) in [6.07, 6.45) is 1.56. The standard InChI is InChI=1S/C15H17N5O3/c16-15(22)14-13(17-19-18-14)10-3-5-11(6-4-10)23-9-8-20-7-1-2-12(20)21/h3-6H,1-2,7-9H2,(H2,16,22)(H,17,18,19). The van der Waals surface area contributed by atoms with Crippen molar-refractivity contribution in [3.05, 3.63) is 30.0 Å². The van der Waals surface area contributed by atoms with Crippen LogP contribution < -0.4 is 10.5 Å². The fourth-order valence-electron chi connectivity index (χ4n) is 2.53. The molecule has 8 heteroatoms. The Morgan fingerprint density at radius 1 is 1.30 bits per heavy atom. The zero-order valence-corrected chi connectivity index (χ0v) is 12.5. The molecule has 1 aromatic heterocycles. The zero-order chi connectivity index (χ0) is 16.2. The molecule has 1 fully saturated rings. The lowest BCUT2D eigenvalue weighted by Crippen LogP contribution is -2.29. The maximum absolute atomic E-state index is 11.5. The summed E-state index contributed by atoms with van der Waals surface area (Å²) in [7, 11) is 0. The fourth-order valence-corrected chi connectivity index (χ4v) is 2.53. The van der Waals surface area contributed by atoms with Crippen LogP contribution in [0.15, 0.2) is 24.3 Å². The van der Waals surface area contributed by atoms with Gasteiger partial charge in [0.1, 0.15) is 18.1 Å². The van der Waals surface area contributed by atoms with Crippen LogP contribution in [0.3, 0.4) is 0 Å². The minimum Gasteiger partial charge on any atom is -0.492 e. The van der Waals surface area contributed by atoms with Crippen molar-refractivity contribution in [1.82, 2.24) is 20.3 Å². The second-order valence-corrected chi connectivity index (χ2v) is 5.24. The largest absolute Gasteiger partial charge is 0.492 e. The molecule has 1 aliphatic heterocycles. The van der Waals surface area contributed by atoms with Crippen LogP contribution in [0.1, 0.15) is 23.3 Å². The third kappa shape index (κ3) is 3.31. The van der Waals surface area contributed by atoms with Crippen molar-refractivity contribution in [3.63, 3.8) is 0 Å². The number of aromatic amines is 1. The summed E-state index contributed by atoms with van der Waals surface area (Å²) in [6.45, 7) is 1.85. The average molecular weight is 315 g/mol. The Morgan fingerprint density at radius 2 is 2.09 bits per heavy atom. The van der Waals surface area contributed by atoms with E-state index >= 15 is 0 Å². The molecule has 1 aromatic carbocycles. The predicted molar refractivity (Wildman–Crippen MR) is 81.6 cm³/mol. The van der Waals surface area contributed by atoms with E-state index in [2.05, 4.69) is 15.4 Å². The topological polar surface area (TPSA) is 114 Å².